The van der Waals surface area contributed by atoms with E-state index in [2.05, 4.69) is 0 Å². The molecular formula is C16H9Cl5O4. The van der Waals surface area contributed by atoms with E-state index < -0.39 is 18.4 Å². The van der Waals surface area contributed by atoms with Crippen molar-refractivity contribution >= 4 is 69.9 Å². The summed E-state index contributed by atoms with van der Waals surface area (Å²) in [5.41, 5.74) is 0.544. The van der Waals surface area contributed by atoms with Gasteiger partial charge in [-0.1, -0.05) is 58.0 Å². The highest BCUT2D eigenvalue weighted by Crippen LogP contribution is 2.36. The summed E-state index contributed by atoms with van der Waals surface area (Å²) in [5, 5.41) is 0.901. The molecule has 0 heterocycles. The van der Waals surface area contributed by atoms with Crippen LogP contribution in [-0.4, -0.2) is 11.9 Å². The maximum atomic E-state index is 11.9. The standard InChI is InChI=1S/C16H9Cl5O4/c1-7-2-8(17)3-10(19)15(7)24-13(22)6-14(23)25-16-11(20)4-9(18)5-12(16)21/h2-5H,6H2,1H3. The lowest BCUT2D eigenvalue weighted by Crippen LogP contribution is -2.18. The van der Waals surface area contributed by atoms with E-state index in [1.165, 1.54) is 18.2 Å². The zero-order valence-corrected chi connectivity index (χ0v) is 16.3. The fourth-order valence-electron chi connectivity index (χ4n) is 1.86. The van der Waals surface area contributed by atoms with Crippen LogP contribution in [0.4, 0.5) is 0 Å². The predicted molar refractivity (Wildman–Crippen MR) is 98.6 cm³/mol. The molecule has 4 nitrogen and oxygen atoms in total. The molecule has 0 radical (unpaired) electrons. The number of ether oxygens (including phenoxy) is 2. The van der Waals surface area contributed by atoms with Crippen LogP contribution in [0.5, 0.6) is 11.5 Å². The summed E-state index contributed by atoms with van der Waals surface area (Å²) in [5.74, 6) is -1.74. The second kappa shape index (κ2) is 8.47. The Kier molecular flexibility index (Phi) is 6.83. The number of hydrogen-bond donors (Lipinski definition) is 0. The maximum Gasteiger partial charge on any atom is 0.322 e. The molecule has 0 amide bonds. The molecule has 0 aliphatic rings. The van der Waals surface area contributed by atoms with E-state index in [9.17, 15) is 9.59 Å². The molecule has 0 aliphatic heterocycles. The molecule has 0 N–H and O–H groups in total. The number of aryl methyl sites for hydroxylation is 1. The van der Waals surface area contributed by atoms with Crippen LogP contribution in [-0.2, 0) is 9.59 Å². The van der Waals surface area contributed by atoms with E-state index in [0.29, 0.717) is 10.6 Å². The van der Waals surface area contributed by atoms with Crippen molar-refractivity contribution in [3.8, 4) is 11.5 Å². The summed E-state index contributed by atoms with van der Waals surface area (Å²) in [6.45, 7) is 1.66. The second-order valence-corrected chi connectivity index (χ2v) is 6.95. The molecule has 0 fully saturated rings. The van der Waals surface area contributed by atoms with E-state index in [-0.39, 0.29) is 31.6 Å². The van der Waals surface area contributed by atoms with Gasteiger partial charge in [-0.25, -0.2) is 0 Å². The Morgan fingerprint density at radius 2 is 1.16 bits per heavy atom. The number of carbonyl (C=O) groups excluding carboxylic acids is 2. The Morgan fingerprint density at radius 3 is 1.64 bits per heavy atom. The van der Waals surface area contributed by atoms with Crippen molar-refractivity contribution in [1.29, 1.82) is 0 Å². The lowest BCUT2D eigenvalue weighted by Gasteiger charge is -2.11. The number of carbonyl (C=O) groups is 2. The van der Waals surface area contributed by atoms with Crippen LogP contribution in [0.1, 0.15) is 12.0 Å². The lowest BCUT2D eigenvalue weighted by molar-refractivity contribution is -0.144. The molecule has 0 bridgehead atoms. The van der Waals surface area contributed by atoms with Crippen molar-refractivity contribution in [2.75, 3.05) is 0 Å². The first kappa shape index (κ1) is 20.1. The van der Waals surface area contributed by atoms with Crippen LogP contribution >= 0.6 is 58.0 Å². The van der Waals surface area contributed by atoms with E-state index in [1.807, 2.05) is 0 Å². The summed E-state index contributed by atoms with van der Waals surface area (Å²) in [6, 6.07) is 5.70. The summed E-state index contributed by atoms with van der Waals surface area (Å²) >= 11 is 29.4. The molecule has 9 heteroatoms. The summed E-state index contributed by atoms with van der Waals surface area (Å²) < 4.78 is 10.1. The van der Waals surface area contributed by atoms with Crippen LogP contribution in [0.15, 0.2) is 24.3 Å². The molecular weight excluding hydrogens is 433 g/mol. The van der Waals surface area contributed by atoms with Crippen LogP contribution in [0.2, 0.25) is 25.1 Å². The van der Waals surface area contributed by atoms with Gasteiger partial charge in [-0.3, -0.25) is 9.59 Å². The fourth-order valence-corrected chi connectivity index (χ4v) is 3.39. The third-order valence-electron chi connectivity index (χ3n) is 2.88. The molecule has 2 aromatic rings. The monoisotopic (exact) mass is 440 g/mol. The summed E-state index contributed by atoms with van der Waals surface area (Å²) in [6.07, 6.45) is -0.673. The van der Waals surface area contributed by atoms with Gasteiger partial charge in [0, 0.05) is 10.0 Å². The SMILES string of the molecule is Cc1cc(Cl)cc(Cl)c1OC(=O)CC(=O)Oc1c(Cl)cc(Cl)cc1Cl. The molecule has 0 aromatic heterocycles. The third kappa shape index (κ3) is 5.40. The van der Waals surface area contributed by atoms with E-state index in [4.69, 9.17) is 67.5 Å². The molecule has 0 spiro atoms. The summed E-state index contributed by atoms with van der Waals surface area (Å²) in [7, 11) is 0. The first-order valence-corrected chi connectivity index (χ1v) is 8.58. The van der Waals surface area contributed by atoms with Gasteiger partial charge in [0.1, 0.15) is 6.42 Å². The van der Waals surface area contributed by atoms with E-state index in [1.54, 1.807) is 13.0 Å². The van der Waals surface area contributed by atoms with Crippen molar-refractivity contribution in [3.05, 3.63) is 54.9 Å². The minimum absolute atomic E-state index is 0.0378. The van der Waals surface area contributed by atoms with Gasteiger partial charge in [0.2, 0.25) is 0 Å². The first-order valence-electron chi connectivity index (χ1n) is 6.69. The zero-order chi connectivity index (χ0) is 18.7. The van der Waals surface area contributed by atoms with Crippen molar-refractivity contribution < 1.29 is 19.1 Å². The van der Waals surface area contributed by atoms with Crippen LogP contribution in [0, 0.1) is 6.92 Å². The van der Waals surface area contributed by atoms with Crippen molar-refractivity contribution in [1.82, 2.24) is 0 Å². The average molecular weight is 443 g/mol. The number of rotatable bonds is 4. The smallest absolute Gasteiger partial charge is 0.322 e. The number of halogens is 5. The van der Waals surface area contributed by atoms with Gasteiger partial charge < -0.3 is 9.47 Å². The van der Waals surface area contributed by atoms with Crippen LogP contribution < -0.4 is 9.47 Å². The molecule has 0 unspecified atom stereocenters. The topological polar surface area (TPSA) is 52.6 Å². The Morgan fingerprint density at radius 1 is 0.760 bits per heavy atom. The van der Waals surface area contributed by atoms with Crippen molar-refractivity contribution in [2.24, 2.45) is 0 Å². The van der Waals surface area contributed by atoms with Crippen LogP contribution in [0.25, 0.3) is 0 Å². The van der Waals surface area contributed by atoms with Crippen molar-refractivity contribution in [2.45, 2.75) is 13.3 Å². The van der Waals surface area contributed by atoms with E-state index >= 15 is 0 Å². The maximum absolute atomic E-state index is 11.9. The lowest BCUT2D eigenvalue weighted by atomic mass is 10.2. The molecule has 132 valence electrons. The Balaban J connectivity index is 2.06. The van der Waals surface area contributed by atoms with Gasteiger partial charge in [0.05, 0.1) is 15.1 Å². The number of benzene rings is 2. The highest BCUT2D eigenvalue weighted by atomic mass is 35.5. The Hall–Kier alpha value is -1.17. The van der Waals surface area contributed by atoms with E-state index in [0.717, 1.165) is 0 Å². The van der Waals surface area contributed by atoms with Crippen molar-refractivity contribution in [3.63, 3.8) is 0 Å². The first-order chi connectivity index (χ1) is 11.7. The van der Waals surface area contributed by atoms with Gasteiger partial charge in [-0.05, 0) is 36.8 Å². The van der Waals surface area contributed by atoms with Gasteiger partial charge in [0.25, 0.3) is 0 Å². The average Bonchev–Trinajstić information content (AvgIpc) is 2.46. The molecule has 25 heavy (non-hydrogen) atoms. The normalized spacial score (nSPS) is 10.5. The number of hydrogen-bond acceptors (Lipinski definition) is 4. The zero-order valence-electron chi connectivity index (χ0n) is 12.5. The quantitative estimate of drug-likeness (QED) is 0.323. The Bertz CT molecular complexity index is 735. The molecule has 0 aliphatic carbocycles. The van der Waals surface area contributed by atoms with Crippen LogP contribution in [0.3, 0.4) is 0 Å². The van der Waals surface area contributed by atoms with Gasteiger partial charge >= 0.3 is 11.9 Å². The molecule has 0 saturated heterocycles. The predicted octanol–water partition coefficient (Wildman–Crippen LogP) is 6.16. The molecule has 0 saturated carbocycles. The second-order valence-electron chi connectivity index (χ2n) is 4.86. The minimum Gasteiger partial charge on any atom is -0.424 e. The van der Waals surface area contributed by atoms with Gasteiger partial charge in [-0.15, -0.1) is 0 Å². The van der Waals surface area contributed by atoms with Gasteiger partial charge in [-0.2, -0.15) is 0 Å². The summed E-state index contributed by atoms with van der Waals surface area (Å²) in [4.78, 5) is 23.8. The molecule has 2 rings (SSSR count). The fraction of sp³-hybridized carbons (Fsp3) is 0.125. The highest BCUT2D eigenvalue weighted by molar-refractivity contribution is 6.40. The molecule has 2 aromatic carbocycles. The largest absolute Gasteiger partial charge is 0.424 e. The third-order valence-corrected chi connectivity index (χ3v) is 4.16. The molecule has 0 atom stereocenters. The number of esters is 2. The minimum atomic E-state index is -0.904. The Labute approximate surface area is 168 Å². The highest BCUT2D eigenvalue weighted by Gasteiger charge is 2.19. The van der Waals surface area contributed by atoms with Gasteiger partial charge in [0.15, 0.2) is 11.5 Å².